The smallest absolute Gasteiger partial charge is 0.377 e. The zero-order chi connectivity index (χ0) is 22.5. The largest absolute Gasteiger partial charge is 0.500 e. The van der Waals surface area contributed by atoms with E-state index in [4.69, 9.17) is 38.0 Å². The molecule has 0 aromatic heterocycles. The second kappa shape index (κ2) is 14.2. The average Bonchev–Trinajstić information content (AvgIpc) is 2.71. The van der Waals surface area contributed by atoms with Crippen molar-refractivity contribution in [1.29, 1.82) is 0 Å². The van der Waals surface area contributed by atoms with Crippen LogP contribution < -0.4 is 11.5 Å². The highest BCUT2D eigenvalue weighted by Crippen LogP contribution is 2.27. The summed E-state index contributed by atoms with van der Waals surface area (Å²) in [6.07, 6.45) is 1.90. The molecule has 0 amide bonds. The van der Waals surface area contributed by atoms with E-state index in [-0.39, 0.29) is 10.8 Å². The van der Waals surface area contributed by atoms with Crippen molar-refractivity contribution in [3.63, 3.8) is 0 Å². The molecule has 0 unspecified atom stereocenters. The Morgan fingerprint density at radius 3 is 0.893 bits per heavy atom. The zero-order valence-corrected chi connectivity index (χ0v) is 21.8. The van der Waals surface area contributed by atoms with E-state index < -0.39 is 17.6 Å². The van der Waals surface area contributed by atoms with Crippen molar-refractivity contribution >= 4 is 17.6 Å². The summed E-state index contributed by atoms with van der Waals surface area (Å²) in [7, 11) is 5.00. The molecule has 0 aliphatic heterocycles. The van der Waals surface area contributed by atoms with Crippen LogP contribution in [0, 0.1) is 10.8 Å². The molecule has 0 rings (SSSR count). The number of hydrogen-bond donors (Lipinski definition) is 2. The highest BCUT2D eigenvalue weighted by Gasteiger charge is 2.39. The predicted molar refractivity (Wildman–Crippen MR) is 118 cm³/mol. The molecule has 0 saturated carbocycles. The summed E-state index contributed by atoms with van der Waals surface area (Å²) in [6, 6.07) is 1.61. The van der Waals surface area contributed by atoms with Gasteiger partial charge in [-0.15, -0.1) is 0 Å². The van der Waals surface area contributed by atoms with Gasteiger partial charge in [-0.1, -0.05) is 27.7 Å². The molecule has 0 radical (unpaired) electrons. The lowest BCUT2D eigenvalue weighted by molar-refractivity contribution is 0.118. The number of nitrogens with two attached hydrogens (primary N) is 2. The maximum absolute atomic E-state index is 5.65. The Morgan fingerprint density at radius 1 is 0.536 bits per heavy atom. The Morgan fingerprint density at radius 2 is 0.750 bits per heavy atom. The van der Waals surface area contributed by atoms with E-state index in [0.29, 0.717) is 13.1 Å². The van der Waals surface area contributed by atoms with Gasteiger partial charge in [0.05, 0.1) is 0 Å². The van der Waals surface area contributed by atoms with Crippen LogP contribution in [-0.2, 0) is 26.6 Å². The molecule has 4 N–H and O–H groups in total. The molecule has 10 heteroatoms. The summed E-state index contributed by atoms with van der Waals surface area (Å²) in [5.74, 6) is 0. The molecule has 0 aliphatic rings. The van der Waals surface area contributed by atoms with Gasteiger partial charge >= 0.3 is 17.6 Å². The van der Waals surface area contributed by atoms with Crippen LogP contribution in [0.5, 0.6) is 0 Å². The maximum Gasteiger partial charge on any atom is 0.500 e. The Labute approximate surface area is 175 Å². The van der Waals surface area contributed by atoms with Gasteiger partial charge in [0.15, 0.2) is 0 Å². The quantitative estimate of drug-likeness (QED) is 0.395. The van der Waals surface area contributed by atoms with Gasteiger partial charge in [-0.05, 0) is 36.8 Å². The van der Waals surface area contributed by atoms with Gasteiger partial charge in [0.1, 0.15) is 0 Å². The standard InChI is InChI=1S/2C9H23NO3Si/c2*1-9(2,8-10)6-7-14(11-3,12-4)13-5/h2*6-8,10H2,1-5H3. The minimum absolute atomic E-state index is 0.119. The summed E-state index contributed by atoms with van der Waals surface area (Å²) in [6.45, 7) is 9.85. The van der Waals surface area contributed by atoms with Crippen LogP contribution in [0.4, 0.5) is 0 Å². The van der Waals surface area contributed by atoms with E-state index in [1.165, 1.54) is 0 Å². The Bertz CT molecular complexity index is 340. The van der Waals surface area contributed by atoms with E-state index in [9.17, 15) is 0 Å². The van der Waals surface area contributed by atoms with Gasteiger partial charge in [-0.25, -0.2) is 0 Å². The molecule has 28 heavy (non-hydrogen) atoms. The lowest BCUT2D eigenvalue weighted by atomic mass is 9.91. The maximum atomic E-state index is 5.65. The second-order valence-electron chi connectivity index (χ2n) is 8.33. The van der Waals surface area contributed by atoms with Crippen molar-refractivity contribution in [1.82, 2.24) is 0 Å². The fraction of sp³-hybridized carbons (Fsp3) is 1.00. The van der Waals surface area contributed by atoms with Crippen LogP contribution in [0.3, 0.4) is 0 Å². The van der Waals surface area contributed by atoms with E-state index >= 15 is 0 Å². The molecule has 0 spiro atoms. The molecule has 0 heterocycles. The van der Waals surface area contributed by atoms with E-state index in [1.807, 2.05) is 0 Å². The van der Waals surface area contributed by atoms with Crippen LogP contribution in [0.2, 0.25) is 12.1 Å². The molecule has 0 saturated heterocycles. The SMILES string of the molecule is CO[Si](CCC(C)(C)CN)(OC)OC.CO[Si](CCC(C)(C)CN)(OC)OC. The number of hydrogen-bond acceptors (Lipinski definition) is 8. The minimum atomic E-state index is -2.40. The molecule has 0 aromatic rings. The molecule has 0 aromatic carbocycles. The normalized spacial score (nSPS) is 13.3. The third kappa shape index (κ3) is 11.3. The Kier molecular flexibility index (Phi) is 15.3. The predicted octanol–water partition coefficient (Wildman–Crippen LogP) is 2.48. The van der Waals surface area contributed by atoms with E-state index in [0.717, 1.165) is 24.9 Å². The second-order valence-corrected chi connectivity index (χ2v) is 14.5. The molecular weight excluding hydrogens is 396 g/mol. The van der Waals surface area contributed by atoms with Crippen LogP contribution in [-0.4, -0.2) is 73.4 Å². The summed E-state index contributed by atoms with van der Waals surface area (Å²) >= 11 is 0. The van der Waals surface area contributed by atoms with Crippen molar-refractivity contribution in [2.45, 2.75) is 52.6 Å². The van der Waals surface area contributed by atoms with Crippen LogP contribution in [0.15, 0.2) is 0 Å². The summed E-state index contributed by atoms with van der Waals surface area (Å²) in [5.41, 5.74) is 11.5. The summed E-state index contributed by atoms with van der Waals surface area (Å²) in [5, 5.41) is 0. The molecule has 0 atom stereocenters. The molecule has 172 valence electrons. The third-order valence-electron chi connectivity index (χ3n) is 5.19. The minimum Gasteiger partial charge on any atom is -0.377 e. The first kappa shape index (κ1) is 30.3. The van der Waals surface area contributed by atoms with Gasteiger partial charge in [-0.3, -0.25) is 0 Å². The lowest BCUT2D eigenvalue weighted by Crippen LogP contribution is -2.44. The summed E-state index contributed by atoms with van der Waals surface area (Å²) < 4.78 is 32.0. The molecule has 8 nitrogen and oxygen atoms in total. The van der Waals surface area contributed by atoms with Gasteiger partial charge in [0.2, 0.25) is 0 Å². The lowest BCUT2D eigenvalue weighted by Gasteiger charge is -2.29. The van der Waals surface area contributed by atoms with Gasteiger partial charge in [0, 0.05) is 54.7 Å². The first-order chi connectivity index (χ1) is 12.9. The molecule has 0 bridgehead atoms. The topological polar surface area (TPSA) is 107 Å². The molecule has 0 fully saturated rings. The van der Waals surface area contributed by atoms with Crippen LogP contribution in [0.25, 0.3) is 0 Å². The summed E-state index contributed by atoms with van der Waals surface area (Å²) in [4.78, 5) is 0. The Balaban J connectivity index is 0. The van der Waals surface area contributed by atoms with Crippen molar-refractivity contribution in [2.24, 2.45) is 22.3 Å². The average molecular weight is 443 g/mol. The molecular formula is C18H46N2O6Si2. The van der Waals surface area contributed by atoms with E-state index in [1.54, 1.807) is 42.7 Å². The van der Waals surface area contributed by atoms with Crippen molar-refractivity contribution in [2.75, 3.05) is 55.7 Å². The first-order valence-corrected chi connectivity index (χ1v) is 13.5. The highest BCUT2D eigenvalue weighted by atomic mass is 28.4. The highest BCUT2D eigenvalue weighted by molar-refractivity contribution is 6.60. The first-order valence-electron chi connectivity index (χ1n) is 9.61. The van der Waals surface area contributed by atoms with Crippen molar-refractivity contribution < 1.29 is 26.6 Å². The van der Waals surface area contributed by atoms with Gasteiger partial charge in [-0.2, -0.15) is 0 Å². The van der Waals surface area contributed by atoms with Crippen LogP contribution >= 0.6 is 0 Å². The van der Waals surface area contributed by atoms with Crippen LogP contribution in [0.1, 0.15) is 40.5 Å². The molecule has 0 aliphatic carbocycles. The monoisotopic (exact) mass is 442 g/mol. The fourth-order valence-corrected chi connectivity index (χ4v) is 6.49. The van der Waals surface area contributed by atoms with Crippen molar-refractivity contribution in [3.8, 4) is 0 Å². The Hall–Kier alpha value is 0.114. The third-order valence-corrected chi connectivity index (χ3v) is 10.6. The zero-order valence-electron chi connectivity index (χ0n) is 19.8. The van der Waals surface area contributed by atoms with Gasteiger partial charge < -0.3 is 38.0 Å². The fourth-order valence-electron chi connectivity index (χ4n) is 2.30. The van der Waals surface area contributed by atoms with Gasteiger partial charge in [0.25, 0.3) is 0 Å². The van der Waals surface area contributed by atoms with E-state index in [2.05, 4.69) is 27.7 Å². The number of rotatable bonds is 14. The van der Waals surface area contributed by atoms with Crippen molar-refractivity contribution in [3.05, 3.63) is 0 Å².